The third-order valence-corrected chi connectivity index (χ3v) is 2.70. The quantitative estimate of drug-likeness (QED) is 0.565. The third-order valence-electron chi connectivity index (χ3n) is 2.70. The van der Waals surface area contributed by atoms with Gasteiger partial charge < -0.3 is 20.1 Å². The third kappa shape index (κ3) is 9.47. The van der Waals surface area contributed by atoms with Gasteiger partial charge in [-0.25, -0.2) is 0 Å². The van der Waals surface area contributed by atoms with E-state index in [0.29, 0.717) is 0 Å². The number of methoxy groups -OCH3 is 1. The SMILES string of the molecule is COCCNCCCNCCCOc1ccccc1. The van der Waals surface area contributed by atoms with Gasteiger partial charge in [0.15, 0.2) is 0 Å². The van der Waals surface area contributed by atoms with Crippen LogP contribution in [0.15, 0.2) is 30.3 Å². The molecule has 0 aliphatic carbocycles. The van der Waals surface area contributed by atoms with Crippen molar-refractivity contribution in [1.29, 1.82) is 0 Å². The van der Waals surface area contributed by atoms with E-state index in [2.05, 4.69) is 10.6 Å². The van der Waals surface area contributed by atoms with E-state index in [9.17, 15) is 0 Å². The van der Waals surface area contributed by atoms with Crippen molar-refractivity contribution in [3.05, 3.63) is 30.3 Å². The normalized spacial score (nSPS) is 10.6. The summed E-state index contributed by atoms with van der Waals surface area (Å²) in [7, 11) is 1.72. The molecule has 0 heterocycles. The van der Waals surface area contributed by atoms with Crippen molar-refractivity contribution in [3.8, 4) is 5.75 Å². The van der Waals surface area contributed by atoms with Crippen LogP contribution in [-0.2, 0) is 4.74 Å². The van der Waals surface area contributed by atoms with Crippen molar-refractivity contribution < 1.29 is 9.47 Å². The van der Waals surface area contributed by atoms with Crippen LogP contribution in [0.25, 0.3) is 0 Å². The second kappa shape index (κ2) is 12.0. The Hall–Kier alpha value is -1.10. The van der Waals surface area contributed by atoms with Crippen LogP contribution in [0.3, 0.4) is 0 Å². The van der Waals surface area contributed by atoms with E-state index in [4.69, 9.17) is 9.47 Å². The Kier molecular flexibility index (Phi) is 10.0. The maximum absolute atomic E-state index is 5.61. The van der Waals surface area contributed by atoms with Crippen LogP contribution in [-0.4, -0.2) is 46.5 Å². The Morgan fingerprint density at radius 1 is 0.842 bits per heavy atom. The average molecular weight is 266 g/mol. The van der Waals surface area contributed by atoms with Gasteiger partial charge in [0, 0.05) is 13.7 Å². The van der Waals surface area contributed by atoms with Gasteiger partial charge >= 0.3 is 0 Å². The highest BCUT2D eigenvalue weighted by molar-refractivity contribution is 5.20. The van der Waals surface area contributed by atoms with Crippen LogP contribution < -0.4 is 15.4 Å². The standard InChI is InChI=1S/C15H26N2O2/c1-18-14-12-17-10-5-9-16-11-6-13-19-15-7-3-2-4-8-15/h2-4,7-8,16-17H,5-6,9-14H2,1H3. The summed E-state index contributed by atoms with van der Waals surface area (Å²) in [6.07, 6.45) is 2.18. The topological polar surface area (TPSA) is 42.5 Å². The van der Waals surface area contributed by atoms with Crippen molar-refractivity contribution in [1.82, 2.24) is 10.6 Å². The molecule has 0 saturated carbocycles. The molecule has 0 atom stereocenters. The van der Waals surface area contributed by atoms with E-state index in [0.717, 1.165) is 58.0 Å². The Morgan fingerprint density at radius 2 is 1.53 bits per heavy atom. The fourth-order valence-corrected chi connectivity index (χ4v) is 1.67. The van der Waals surface area contributed by atoms with Gasteiger partial charge in [-0.2, -0.15) is 0 Å². The molecule has 1 aromatic carbocycles. The number of para-hydroxylation sites is 1. The number of rotatable bonds is 12. The highest BCUT2D eigenvalue weighted by Crippen LogP contribution is 2.07. The van der Waals surface area contributed by atoms with Gasteiger partial charge in [0.25, 0.3) is 0 Å². The second-order valence-corrected chi connectivity index (χ2v) is 4.36. The molecule has 19 heavy (non-hydrogen) atoms. The van der Waals surface area contributed by atoms with E-state index >= 15 is 0 Å². The van der Waals surface area contributed by atoms with Crippen LogP contribution in [0.1, 0.15) is 12.8 Å². The Balaban J connectivity index is 1.79. The second-order valence-electron chi connectivity index (χ2n) is 4.36. The van der Waals surface area contributed by atoms with Crippen LogP contribution >= 0.6 is 0 Å². The highest BCUT2D eigenvalue weighted by atomic mass is 16.5. The zero-order valence-corrected chi connectivity index (χ0v) is 11.9. The predicted molar refractivity (Wildman–Crippen MR) is 78.8 cm³/mol. The molecule has 0 saturated heterocycles. The number of hydrogen-bond acceptors (Lipinski definition) is 4. The largest absolute Gasteiger partial charge is 0.494 e. The molecule has 1 rings (SSSR count). The smallest absolute Gasteiger partial charge is 0.119 e. The first-order chi connectivity index (χ1) is 9.43. The Morgan fingerprint density at radius 3 is 2.26 bits per heavy atom. The average Bonchev–Trinajstić information content (AvgIpc) is 2.46. The lowest BCUT2D eigenvalue weighted by Crippen LogP contribution is -2.25. The number of nitrogens with one attached hydrogen (secondary N) is 2. The van der Waals surface area contributed by atoms with Crippen molar-refractivity contribution in [3.63, 3.8) is 0 Å². The van der Waals surface area contributed by atoms with Gasteiger partial charge in [-0.3, -0.25) is 0 Å². The molecule has 0 spiro atoms. The molecule has 0 aliphatic rings. The minimum absolute atomic E-state index is 0.767. The molecule has 0 amide bonds. The van der Waals surface area contributed by atoms with Crippen LogP contribution in [0, 0.1) is 0 Å². The summed E-state index contributed by atoms with van der Waals surface area (Å²) in [5, 5.41) is 6.73. The fourth-order valence-electron chi connectivity index (χ4n) is 1.67. The zero-order valence-electron chi connectivity index (χ0n) is 11.9. The van der Waals surface area contributed by atoms with Gasteiger partial charge in [-0.1, -0.05) is 18.2 Å². The van der Waals surface area contributed by atoms with Crippen molar-refractivity contribution in [2.45, 2.75) is 12.8 Å². The summed E-state index contributed by atoms with van der Waals surface area (Å²) in [6.45, 7) is 5.57. The van der Waals surface area contributed by atoms with Gasteiger partial charge in [0.2, 0.25) is 0 Å². The van der Waals surface area contributed by atoms with Gasteiger partial charge in [-0.05, 0) is 44.6 Å². The summed E-state index contributed by atoms with van der Waals surface area (Å²) in [6, 6.07) is 9.95. The van der Waals surface area contributed by atoms with Gasteiger partial charge in [0.1, 0.15) is 5.75 Å². The molecule has 2 N–H and O–H groups in total. The van der Waals surface area contributed by atoms with Crippen molar-refractivity contribution in [2.75, 3.05) is 46.5 Å². The maximum atomic E-state index is 5.61. The first kappa shape index (κ1) is 16.0. The minimum atomic E-state index is 0.767. The van der Waals surface area contributed by atoms with E-state index in [1.165, 1.54) is 0 Å². The molecule has 0 aliphatic heterocycles. The summed E-state index contributed by atoms with van der Waals surface area (Å²) < 4.78 is 10.6. The first-order valence-electron chi connectivity index (χ1n) is 7.01. The zero-order chi connectivity index (χ0) is 13.6. The monoisotopic (exact) mass is 266 g/mol. The van der Waals surface area contributed by atoms with E-state index in [1.54, 1.807) is 7.11 Å². The lowest BCUT2D eigenvalue weighted by molar-refractivity contribution is 0.199. The molecule has 0 bridgehead atoms. The van der Waals surface area contributed by atoms with Crippen molar-refractivity contribution >= 4 is 0 Å². The number of ether oxygens (including phenoxy) is 2. The number of benzene rings is 1. The van der Waals surface area contributed by atoms with Gasteiger partial charge in [0.05, 0.1) is 13.2 Å². The number of hydrogen-bond donors (Lipinski definition) is 2. The minimum Gasteiger partial charge on any atom is -0.494 e. The van der Waals surface area contributed by atoms with E-state index in [1.807, 2.05) is 30.3 Å². The molecule has 4 nitrogen and oxygen atoms in total. The summed E-state index contributed by atoms with van der Waals surface area (Å²) in [5.41, 5.74) is 0. The summed E-state index contributed by atoms with van der Waals surface area (Å²) in [5.74, 6) is 0.949. The lowest BCUT2D eigenvalue weighted by Gasteiger charge is -2.07. The lowest BCUT2D eigenvalue weighted by atomic mass is 10.3. The summed E-state index contributed by atoms with van der Waals surface area (Å²) >= 11 is 0. The highest BCUT2D eigenvalue weighted by Gasteiger charge is 1.92. The van der Waals surface area contributed by atoms with Crippen molar-refractivity contribution in [2.24, 2.45) is 0 Å². The Bertz CT molecular complexity index is 293. The molecular weight excluding hydrogens is 240 g/mol. The van der Waals surface area contributed by atoms with E-state index < -0.39 is 0 Å². The summed E-state index contributed by atoms with van der Waals surface area (Å²) in [4.78, 5) is 0. The van der Waals surface area contributed by atoms with Crippen LogP contribution in [0.5, 0.6) is 5.75 Å². The van der Waals surface area contributed by atoms with Gasteiger partial charge in [-0.15, -0.1) is 0 Å². The molecular formula is C15H26N2O2. The van der Waals surface area contributed by atoms with Crippen LogP contribution in [0.2, 0.25) is 0 Å². The Labute approximate surface area is 116 Å². The first-order valence-corrected chi connectivity index (χ1v) is 7.01. The molecule has 108 valence electrons. The molecule has 0 fully saturated rings. The molecule has 1 aromatic rings. The fraction of sp³-hybridized carbons (Fsp3) is 0.600. The predicted octanol–water partition coefficient (Wildman–Crippen LogP) is 1.67. The molecule has 0 unspecified atom stereocenters. The molecule has 0 aromatic heterocycles. The molecule has 4 heteroatoms. The maximum Gasteiger partial charge on any atom is 0.119 e. The molecule has 0 radical (unpaired) electrons. The van der Waals surface area contributed by atoms with E-state index in [-0.39, 0.29) is 0 Å². The van der Waals surface area contributed by atoms with Crippen LogP contribution in [0.4, 0.5) is 0 Å².